The maximum absolute atomic E-state index is 11.3. The fourth-order valence-corrected chi connectivity index (χ4v) is 5.07. The zero-order valence-corrected chi connectivity index (χ0v) is 13.2. The molecule has 23 heavy (non-hydrogen) atoms. The van der Waals surface area contributed by atoms with Gasteiger partial charge in [0, 0.05) is 5.92 Å². The smallest absolute Gasteiger partial charge is 0.252 e. The Kier molecular flexibility index (Phi) is 4.28. The molecule has 4 aliphatic carbocycles. The number of hydrogen-bond donors (Lipinski definition) is 3. The van der Waals surface area contributed by atoms with Crippen molar-refractivity contribution in [3.63, 3.8) is 0 Å². The van der Waals surface area contributed by atoms with Crippen LogP contribution in [0.5, 0.6) is 5.75 Å². The molecule has 2 amide bonds. The van der Waals surface area contributed by atoms with Crippen molar-refractivity contribution in [3.05, 3.63) is 29.8 Å². The van der Waals surface area contributed by atoms with E-state index < -0.39 is 5.91 Å². The number of amides is 2. The molecule has 5 rings (SSSR count). The number of rotatable bonds is 2. The fraction of sp³-hybridized carbons (Fsp3) is 0.556. The molecule has 4 aliphatic rings. The van der Waals surface area contributed by atoms with Crippen LogP contribution in [0.4, 0.5) is 0 Å². The highest BCUT2D eigenvalue weighted by molar-refractivity contribution is 5.95. The molecular weight excluding hydrogens is 292 g/mol. The van der Waals surface area contributed by atoms with E-state index in [1.54, 1.807) is 12.1 Å². The lowest BCUT2D eigenvalue weighted by atomic mass is 9.52. The van der Waals surface area contributed by atoms with Crippen molar-refractivity contribution < 1.29 is 14.7 Å². The molecule has 0 saturated heterocycles. The first-order chi connectivity index (χ1) is 11.0. The summed E-state index contributed by atoms with van der Waals surface area (Å²) in [6.45, 7) is 0. The molecule has 0 aromatic heterocycles. The number of para-hydroxylation sites is 1. The third kappa shape index (κ3) is 3.19. The van der Waals surface area contributed by atoms with Crippen molar-refractivity contribution in [2.45, 2.75) is 32.1 Å². The van der Waals surface area contributed by atoms with Crippen LogP contribution < -0.4 is 11.5 Å². The lowest BCUT2D eigenvalue weighted by Gasteiger charge is -2.53. The van der Waals surface area contributed by atoms with E-state index in [1.807, 2.05) is 0 Å². The highest BCUT2D eigenvalue weighted by Crippen LogP contribution is 2.56. The molecule has 4 bridgehead atoms. The second kappa shape index (κ2) is 6.22. The van der Waals surface area contributed by atoms with E-state index >= 15 is 0 Å². The number of aromatic hydroxyl groups is 1. The van der Waals surface area contributed by atoms with E-state index in [-0.39, 0.29) is 23.1 Å². The van der Waals surface area contributed by atoms with Gasteiger partial charge in [0.2, 0.25) is 5.91 Å². The number of phenols is 1. The van der Waals surface area contributed by atoms with Gasteiger partial charge in [-0.25, -0.2) is 0 Å². The first-order valence-electron chi connectivity index (χ1n) is 8.32. The van der Waals surface area contributed by atoms with Crippen LogP contribution in [0, 0.1) is 29.6 Å². The summed E-state index contributed by atoms with van der Waals surface area (Å²) in [6, 6.07) is 6.15. The molecule has 5 N–H and O–H groups in total. The van der Waals surface area contributed by atoms with Crippen LogP contribution >= 0.6 is 0 Å². The minimum absolute atomic E-state index is 0.0196. The lowest BCUT2D eigenvalue weighted by molar-refractivity contribution is -0.134. The van der Waals surface area contributed by atoms with Crippen LogP contribution in [0.2, 0.25) is 0 Å². The van der Waals surface area contributed by atoms with Gasteiger partial charge >= 0.3 is 0 Å². The molecular formula is C18H24N2O3. The van der Waals surface area contributed by atoms with Crippen LogP contribution in [-0.2, 0) is 4.79 Å². The second-order valence-corrected chi connectivity index (χ2v) is 7.24. The molecule has 0 radical (unpaired) electrons. The summed E-state index contributed by atoms with van der Waals surface area (Å²) in [5.41, 5.74) is 10.5. The Morgan fingerprint density at radius 1 is 0.913 bits per heavy atom. The second-order valence-electron chi connectivity index (χ2n) is 7.24. The summed E-state index contributed by atoms with van der Waals surface area (Å²) < 4.78 is 0. The van der Waals surface area contributed by atoms with Crippen LogP contribution in [0.1, 0.15) is 42.5 Å². The van der Waals surface area contributed by atoms with Gasteiger partial charge in [-0.05, 0) is 67.9 Å². The summed E-state index contributed by atoms with van der Waals surface area (Å²) in [7, 11) is 0. The number of carbonyl (C=O) groups is 2. The van der Waals surface area contributed by atoms with Gasteiger partial charge in [0.05, 0.1) is 5.56 Å². The van der Waals surface area contributed by atoms with E-state index in [0.29, 0.717) is 11.8 Å². The van der Waals surface area contributed by atoms with Gasteiger partial charge in [-0.3, -0.25) is 9.59 Å². The van der Waals surface area contributed by atoms with Gasteiger partial charge in [-0.15, -0.1) is 0 Å². The normalized spacial score (nSPS) is 33.7. The van der Waals surface area contributed by atoms with E-state index in [9.17, 15) is 9.59 Å². The third-order valence-electron chi connectivity index (χ3n) is 5.72. The minimum Gasteiger partial charge on any atom is -0.507 e. The molecule has 124 valence electrons. The Bertz CT molecular complexity index is 586. The van der Waals surface area contributed by atoms with Gasteiger partial charge in [0.25, 0.3) is 5.91 Å². The summed E-state index contributed by atoms with van der Waals surface area (Å²) in [5, 5.41) is 8.98. The number of carbonyl (C=O) groups excluding carboxylic acids is 2. The number of hydrogen-bond acceptors (Lipinski definition) is 3. The zero-order chi connectivity index (χ0) is 16.6. The predicted molar refractivity (Wildman–Crippen MR) is 86.4 cm³/mol. The van der Waals surface area contributed by atoms with Crippen molar-refractivity contribution in [3.8, 4) is 5.75 Å². The number of benzene rings is 1. The lowest BCUT2D eigenvalue weighted by Crippen LogP contribution is -2.49. The van der Waals surface area contributed by atoms with Crippen LogP contribution in [0.15, 0.2) is 24.3 Å². The molecule has 1 aromatic rings. The molecule has 0 atom stereocenters. The first-order valence-corrected chi connectivity index (χ1v) is 8.32. The van der Waals surface area contributed by atoms with E-state index in [4.69, 9.17) is 16.6 Å². The van der Waals surface area contributed by atoms with Crippen molar-refractivity contribution in [1.29, 1.82) is 0 Å². The van der Waals surface area contributed by atoms with Crippen molar-refractivity contribution in [2.24, 2.45) is 41.1 Å². The average Bonchev–Trinajstić information content (AvgIpc) is 2.46. The summed E-state index contributed by atoms with van der Waals surface area (Å²) in [6.07, 6.45) is 6.61. The molecule has 5 nitrogen and oxygen atoms in total. The van der Waals surface area contributed by atoms with Crippen molar-refractivity contribution in [1.82, 2.24) is 0 Å². The highest BCUT2D eigenvalue weighted by Gasteiger charge is 2.50. The van der Waals surface area contributed by atoms with Gasteiger partial charge in [-0.2, -0.15) is 0 Å². The number of nitrogens with two attached hydrogens (primary N) is 2. The maximum Gasteiger partial charge on any atom is 0.252 e. The largest absolute Gasteiger partial charge is 0.507 e. The third-order valence-corrected chi connectivity index (χ3v) is 5.72. The predicted octanol–water partition coefficient (Wildman–Crippen LogP) is 2.04. The van der Waals surface area contributed by atoms with Crippen LogP contribution in [-0.4, -0.2) is 16.9 Å². The average molecular weight is 316 g/mol. The van der Waals surface area contributed by atoms with E-state index in [0.717, 1.165) is 11.8 Å². The SMILES string of the molecule is NC(=O)C1C2CC3CC(C2)CC1C3.NC(=O)c1ccccc1O. The van der Waals surface area contributed by atoms with Crippen molar-refractivity contribution in [2.75, 3.05) is 0 Å². The molecule has 0 heterocycles. The monoisotopic (exact) mass is 316 g/mol. The van der Waals surface area contributed by atoms with Crippen LogP contribution in [0.25, 0.3) is 0 Å². The molecule has 5 heteroatoms. The minimum atomic E-state index is -0.613. The maximum atomic E-state index is 11.3. The highest BCUT2D eigenvalue weighted by atomic mass is 16.3. The fourth-order valence-electron chi connectivity index (χ4n) is 5.07. The summed E-state index contributed by atoms with van der Waals surface area (Å²) in [4.78, 5) is 21.8. The molecule has 4 saturated carbocycles. The molecule has 0 spiro atoms. The quantitative estimate of drug-likeness (QED) is 0.777. The van der Waals surface area contributed by atoms with Crippen molar-refractivity contribution >= 4 is 11.8 Å². The molecule has 4 fully saturated rings. The molecule has 1 aromatic carbocycles. The topological polar surface area (TPSA) is 106 Å². The zero-order valence-electron chi connectivity index (χ0n) is 13.2. The first kappa shape index (κ1) is 15.8. The van der Waals surface area contributed by atoms with E-state index in [2.05, 4.69) is 0 Å². The Morgan fingerprint density at radius 2 is 1.43 bits per heavy atom. The van der Waals surface area contributed by atoms with Gasteiger partial charge in [0.1, 0.15) is 5.75 Å². The summed E-state index contributed by atoms with van der Waals surface area (Å²) >= 11 is 0. The standard InChI is InChI=1S/C11H17NO.C7H7NO2/c12-11(13)10-8-2-6-1-7(4-8)5-9(10)3-6;8-7(10)5-3-1-2-4-6(5)9/h6-10H,1-5H2,(H2,12,13);1-4,9H,(H2,8,10). The van der Waals surface area contributed by atoms with Gasteiger partial charge in [0.15, 0.2) is 0 Å². The number of primary amides is 2. The van der Waals surface area contributed by atoms with E-state index in [1.165, 1.54) is 44.2 Å². The Morgan fingerprint density at radius 3 is 1.83 bits per heavy atom. The molecule has 0 aliphatic heterocycles. The van der Waals surface area contributed by atoms with Crippen LogP contribution in [0.3, 0.4) is 0 Å². The van der Waals surface area contributed by atoms with Gasteiger partial charge < -0.3 is 16.6 Å². The molecule has 0 unspecified atom stereocenters. The van der Waals surface area contributed by atoms with Gasteiger partial charge in [-0.1, -0.05) is 12.1 Å². The Hall–Kier alpha value is -2.04. The summed E-state index contributed by atoms with van der Waals surface area (Å²) in [5.74, 6) is 2.74. The Labute approximate surface area is 136 Å². The Balaban J connectivity index is 0.000000142.